The van der Waals surface area contributed by atoms with Gasteiger partial charge in [0.2, 0.25) is 0 Å². The van der Waals surface area contributed by atoms with Gasteiger partial charge in [0.05, 0.1) is 11.0 Å². The minimum Gasteiger partial charge on any atom is -0.481 e. The van der Waals surface area contributed by atoms with Crippen LogP contribution in [-0.4, -0.2) is 45.8 Å². The average molecular weight is 533 g/mol. The first-order valence-electron chi connectivity index (χ1n) is 13.5. The highest BCUT2D eigenvalue weighted by molar-refractivity contribution is 6.09. The zero-order chi connectivity index (χ0) is 27.9. The summed E-state index contributed by atoms with van der Waals surface area (Å²) >= 11 is 0. The van der Waals surface area contributed by atoms with Crippen LogP contribution in [0.1, 0.15) is 58.2 Å². The van der Waals surface area contributed by atoms with Gasteiger partial charge >= 0.3 is 0 Å². The first-order valence-corrected chi connectivity index (χ1v) is 13.5. The van der Waals surface area contributed by atoms with Gasteiger partial charge in [0, 0.05) is 48.6 Å². The molecule has 2 heterocycles. The number of aromatic amines is 1. The fourth-order valence-electron chi connectivity index (χ4n) is 5.08. The molecule has 1 amide bonds. The standard InChI is InChI=1S/C33H32N4O3/c1-3-19-40-28-16-14-25(15-17-28)32(38)24-12-10-23(11-13-24)22-35-26-7-5-8-27(20-26)37(4-2)33(39)31-21-30-29(36-31)9-6-18-34-30/h1,6-7,9-18,21,27,35-36H,4-5,8,19-20,22H2,2H3. The lowest BCUT2D eigenvalue weighted by Gasteiger charge is -2.34. The quantitative estimate of drug-likeness (QED) is 0.208. The largest absolute Gasteiger partial charge is 0.481 e. The molecule has 5 rings (SSSR count). The third-order valence-corrected chi connectivity index (χ3v) is 7.18. The number of hydrogen-bond donors (Lipinski definition) is 2. The van der Waals surface area contributed by atoms with E-state index in [2.05, 4.69) is 27.3 Å². The van der Waals surface area contributed by atoms with Crippen LogP contribution in [0.15, 0.2) is 84.7 Å². The summed E-state index contributed by atoms with van der Waals surface area (Å²) in [6, 6.07) is 20.4. The van der Waals surface area contributed by atoms with Crippen molar-refractivity contribution >= 4 is 22.7 Å². The summed E-state index contributed by atoms with van der Waals surface area (Å²) < 4.78 is 5.38. The van der Waals surface area contributed by atoms with E-state index in [1.807, 2.05) is 54.3 Å². The number of ketones is 1. The van der Waals surface area contributed by atoms with Crippen LogP contribution in [0.3, 0.4) is 0 Å². The minimum absolute atomic E-state index is 0.00161. The number of aromatic nitrogens is 2. The van der Waals surface area contributed by atoms with E-state index in [1.165, 1.54) is 0 Å². The number of fused-ring (bicyclic) bond motifs is 1. The second-order valence-electron chi connectivity index (χ2n) is 9.77. The summed E-state index contributed by atoms with van der Waals surface area (Å²) in [5.41, 5.74) is 5.66. The summed E-state index contributed by atoms with van der Waals surface area (Å²) in [5.74, 6) is 3.02. The number of rotatable bonds is 10. The zero-order valence-electron chi connectivity index (χ0n) is 22.5. The van der Waals surface area contributed by atoms with Gasteiger partial charge in [-0.05, 0) is 67.8 Å². The molecule has 2 N–H and O–H groups in total. The van der Waals surface area contributed by atoms with Crippen LogP contribution in [0.4, 0.5) is 0 Å². The molecule has 0 saturated heterocycles. The number of terminal acetylenes is 1. The van der Waals surface area contributed by atoms with E-state index in [0.29, 0.717) is 35.7 Å². The zero-order valence-corrected chi connectivity index (χ0v) is 22.5. The van der Waals surface area contributed by atoms with Crippen LogP contribution in [-0.2, 0) is 6.54 Å². The predicted octanol–water partition coefficient (Wildman–Crippen LogP) is 5.49. The molecule has 1 unspecified atom stereocenters. The highest BCUT2D eigenvalue weighted by Crippen LogP contribution is 2.24. The van der Waals surface area contributed by atoms with Gasteiger partial charge in [-0.1, -0.05) is 36.3 Å². The van der Waals surface area contributed by atoms with Gasteiger partial charge < -0.3 is 19.9 Å². The highest BCUT2D eigenvalue weighted by atomic mass is 16.5. The maximum absolute atomic E-state index is 13.4. The molecular formula is C33H32N4O3. The first-order chi connectivity index (χ1) is 19.6. The van der Waals surface area contributed by atoms with Gasteiger partial charge in [0.15, 0.2) is 5.78 Å². The van der Waals surface area contributed by atoms with Crippen molar-refractivity contribution in [2.24, 2.45) is 0 Å². The Hall–Kier alpha value is -4.83. The molecular weight excluding hydrogens is 500 g/mol. The molecule has 4 aromatic rings. The molecule has 0 bridgehead atoms. The van der Waals surface area contributed by atoms with Crippen LogP contribution >= 0.6 is 0 Å². The molecule has 1 aliphatic carbocycles. The molecule has 0 fully saturated rings. The number of allylic oxidation sites excluding steroid dienone is 1. The Morgan fingerprint density at radius 1 is 1.12 bits per heavy atom. The van der Waals surface area contributed by atoms with Crippen LogP contribution in [0, 0.1) is 12.3 Å². The van der Waals surface area contributed by atoms with E-state index < -0.39 is 0 Å². The maximum Gasteiger partial charge on any atom is 0.270 e. The lowest BCUT2D eigenvalue weighted by atomic mass is 9.96. The Morgan fingerprint density at radius 3 is 2.58 bits per heavy atom. The molecule has 2 aromatic carbocycles. The summed E-state index contributed by atoms with van der Waals surface area (Å²) in [4.78, 5) is 35.8. The Morgan fingerprint density at radius 2 is 1.88 bits per heavy atom. The summed E-state index contributed by atoms with van der Waals surface area (Å²) in [6.45, 7) is 3.49. The summed E-state index contributed by atoms with van der Waals surface area (Å²) in [6.07, 6.45) is 11.8. The number of benzene rings is 2. The fraction of sp³-hybridized carbons (Fsp3) is 0.242. The van der Waals surface area contributed by atoms with E-state index >= 15 is 0 Å². The molecule has 40 heavy (non-hydrogen) atoms. The van der Waals surface area contributed by atoms with Gasteiger partial charge in [-0.2, -0.15) is 0 Å². The Balaban J connectivity index is 1.17. The van der Waals surface area contributed by atoms with E-state index in [4.69, 9.17) is 11.2 Å². The van der Waals surface area contributed by atoms with Crippen LogP contribution in [0.25, 0.3) is 11.0 Å². The number of carbonyl (C=O) groups excluding carboxylic acids is 2. The second kappa shape index (κ2) is 12.4. The number of nitrogens with one attached hydrogen (secondary N) is 2. The van der Waals surface area contributed by atoms with Crippen molar-refractivity contribution in [2.45, 2.75) is 38.8 Å². The van der Waals surface area contributed by atoms with Crippen LogP contribution in [0.2, 0.25) is 0 Å². The Bertz CT molecular complexity index is 1530. The third-order valence-electron chi connectivity index (χ3n) is 7.18. The SMILES string of the molecule is C#CCOc1ccc(C(=O)c2ccc(CNC3=CCCC(N(CC)C(=O)c4cc5ncccc5[nH]4)C3)cc2)cc1. The van der Waals surface area contributed by atoms with Crippen molar-refractivity contribution in [1.29, 1.82) is 0 Å². The molecule has 0 spiro atoms. The highest BCUT2D eigenvalue weighted by Gasteiger charge is 2.27. The summed E-state index contributed by atoms with van der Waals surface area (Å²) in [5, 5.41) is 3.54. The lowest BCUT2D eigenvalue weighted by Crippen LogP contribution is -2.42. The number of carbonyl (C=O) groups is 2. The maximum atomic E-state index is 13.4. The van der Waals surface area contributed by atoms with Crippen LogP contribution in [0.5, 0.6) is 5.75 Å². The van der Waals surface area contributed by atoms with E-state index in [0.717, 1.165) is 41.6 Å². The lowest BCUT2D eigenvalue weighted by molar-refractivity contribution is 0.0669. The first kappa shape index (κ1) is 26.8. The predicted molar refractivity (Wildman–Crippen MR) is 156 cm³/mol. The van der Waals surface area contributed by atoms with Crippen LogP contribution < -0.4 is 10.1 Å². The Labute approximate surface area is 234 Å². The normalized spacial score (nSPS) is 14.7. The number of pyridine rings is 1. The number of nitrogens with zero attached hydrogens (tertiary/aromatic N) is 2. The van der Waals surface area contributed by atoms with Crippen molar-refractivity contribution in [3.63, 3.8) is 0 Å². The minimum atomic E-state index is -0.0455. The van der Waals surface area contributed by atoms with Crippen molar-refractivity contribution in [3.05, 3.63) is 107 Å². The van der Waals surface area contributed by atoms with Crippen molar-refractivity contribution in [1.82, 2.24) is 20.2 Å². The number of ether oxygens (including phenoxy) is 1. The molecule has 2 aromatic heterocycles. The molecule has 0 aliphatic heterocycles. The van der Waals surface area contributed by atoms with Crippen molar-refractivity contribution in [2.75, 3.05) is 13.2 Å². The fourth-order valence-corrected chi connectivity index (χ4v) is 5.08. The smallest absolute Gasteiger partial charge is 0.270 e. The van der Waals surface area contributed by atoms with Crippen molar-refractivity contribution in [3.8, 4) is 18.1 Å². The summed E-state index contributed by atoms with van der Waals surface area (Å²) in [7, 11) is 0. The molecule has 7 nitrogen and oxygen atoms in total. The van der Waals surface area contributed by atoms with Crippen molar-refractivity contribution < 1.29 is 14.3 Å². The topological polar surface area (TPSA) is 87.3 Å². The molecule has 0 radical (unpaired) electrons. The van der Waals surface area contributed by atoms with E-state index in [-0.39, 0.29) is 24.3 Å². The molecule has 7 heteroatoms. The molecule has 202 valence electrons. The van der Waals surface area contributed by atoms with Gasteiger partial charge in [-0.15, -0.1) is 6.42 Å². The number of amides is 1. The monoisotopic (exact) mass is 532 g/mol. The second-order valence-corrected chi connectivity index (χ2v) is 9.77. The van der Waals surface area contributed by atoms with Gasteiger partial charge in [0.25, 0.3) is 5.91 Å². The molecule has 0 saturated carbocycles. The van der Waals surface area contributed by atoms with Gasteiger partial charge in [0.1, 0.15) is 18.1 Å². The number of hydrogen-bond acceptors (Lipinski definition) is 5. The van der Waals surface area contributed by atoms with E-state index in [1.54, 1.807) is 30.5 Å². The Kier molecular flexibility index (Phi) is 8.26. The van der Waals surface area contributed by atoms with Gasteiger partial charge in [-0.3, -0.25) is 14.6 Å². The van der Waals surface area contributed by atoms with Gasteiger partial charge in [-0.25, -0.2) is 0 Å². The molecule has 1 aliphatic rings. The number of H-pyrrole nitrogens is 1. The average Bonchev–Trinajstić information content (AvgIpc) is 3.44. The third kappa shape index (κ3) is 6.08. The molecule has 1 atom stereocenters. The van der Waals surface area contributed by atoms with E-state index in [9.17, 15) is 9.59 Å².